The molecule has 0 unspecified atom stereocenters. The predicted octanol–water partition coefficient (Wildman–Crippen LogP) is 4.79. The summed E-state index contributed by atoms with van der Waals surface area (Å²) in [6.45, 7) is 0.174. The number of hydrogen-bond donors (Lipinski definition) is 2. The van der Waals surface area contributed by atoms with E-state index in [-0.39, 0.29) is 17.2 Å². The van der Waals surface area contributed by atoms with Gasteiger partial charge in [-0.1, -0.05) is 12.1 Å². The summed E-state index contributed by atoms with van der Waals surface area (Å²) in [5, 5.41) is 9.60. The molecule has 0 aromatic heterocycles. The van der Waals surface area contributed by atoms with Crippen molar-refractivity contribution < 1.29 is 40.6 Å². The van der Waals surface area contributed by atoms with E-state index < -0.39 is 54.2 Å². The molecule has 0 bridgehead atoms. The van der Waals surface area contributed by atoms with E-state index in [1.807, 2.05) is 0 Å². The molecule has 0 saturated carbocycles. The molecule has 0 heterocycles. The van der Waals surface area contributed by atoms with Crippen LogP contribution in [-0.2, 0) is 22.6 Å². The Morgan fingerprint density at radius 3 is 1.79 bits per heavy atom. The Morgan fingerprint density at radius 2 is 1.38 bits per heavy atom. The summed E-state index contributed by atoms with van der Waals surface area (Å²) < 4.78 is 96.4. The van der Waals surface area contributed by atoms with Crippen LogP contribution in [0.5, 0.6) is 0 Å². The van der Waals surface area contributed by atoms with Crippen molar-refractivity contribution in [2.24, 2.45) is 5.73 Å². The Hall–Kier alpha value is -2.17. The van der Waals surface area contributed by atoms with E-state index >= 15 is 0 Å². The first-order chi connectivity index (χ1) is 13.3. The minimum atomic E-state index is -4.98. The van der Waals surface area contributed by atoms with Crippen molar-refractivity contribution in [1.82, 2.24) is 0 Å². The maximum absolute atomic E-state index is 13.1. The molecule has 0 amide bonds. The fourth-order valence-electron chi connectivity index (χ4n) is 2.59. The first kappa shape index (κ1) is 23.1. The zero-order valence-electron chi connectivity index (χ0n) is 15.1. The lowest BCUT2D eigenvalue weighted by Crippen LogP contribution is -2.45. The lowest BCUT2D eigenvalue weighted by atomic mass is 9.92. The summed E-state index contributed by atoms with van der Waals surface area (Å²) in [5.74, 6) is -0.549. The van der Waals surface area contributed by atoms with Gasteiger partial charge in [-0.05, 0) is 48.4 Å². The van der Waals surface area contributed by atoms with Crippen LogP contribution in [0.4, 0.5) is 30.7 Å². The second-order valence-corrected chi connectivity index (χ2v) is 6.61. The van der Waals surface area contributed by atoms with Gasteiger partial charge in [-0.2, -0.15) is 26.3 Å². The fraction of sp³-hybridized carbons (Fsp3) is 0.368. The fourth-order valence-corrected chi connectivity index (χ4v) is 2.59. The molecular weight excluding hydrogens is 407 g/mol. The third-order valence-corrected chi connectivity index (χ3v) is 4.37. The smallest absolute Gasteiger partial charge is 0.394 e. The number of rotatable bonds is 6. The highest BCUT2D eigenvalue weighted by molar-refractivity contribution is 5.34. The van der Waals surface area contributed by atoms with Gasteiger partial charge in [0.15, 0.2) is 0 Å². The molecule has 3 nitrogen and oxygen atoms in total. The van der Waals surface area contributed by atoms with Gasteiger partial charge in [-0.25, -0.2) is 4.39 Å². The third-order valence-electron chi connectivity index (χ3n) is 4.37. The molecule has 0 aliphatic rings. The van der Waals surface area contributed by atoms with E-state index in [4.69, 9.17) is 10.5 Å². The largest absolute Gasteiger partial charge is 0.416 e. The van der Waals surface area contributed by atoms with Crippen LogP contribution in [0.1, 0.15) is 35.3 Å². The molecule has 0 radical (unpaired) electrons. The van der Waals surface area contributed by atoms with Gasteiger partial charge in [0.1, 0.15) is 5.82 Å². The van der Waals surface area contributed by atoms with Gasteiger partial charge in [0, 0.05) is 0 Å². The normalized spacial score (nSPS) is 15.8. The summed E-state index contributed by atoms with van der Waals surface area (Å²) in [7, 11) is 0. The van der Waals surface area contributed by atoms with Gasteiger partial charge in [0.05, 0.1) is 36.0 Å². The highest BCUT2D eigenvalue weighted by atomic mass is 19.4. The maximum atomic E-state index is 13.1. The van der Waals surface area contributed by atoms with Gasteiger partial charge >= 0.3 is 12.4 Å². The number of aliphatic hydroxyl groups excluding tert-OH is 1. The van der Waals surface area contributed by atoms with Crippen LogP contribution in [0.15, 0.2) is 42.5 Å². The van der Waals surface area contributed by atoms with E-state index in [0.29, 0.717) is 12.1 Å². The lowest BCUT2D eigenvalue weighted by molar-refractivity contribution is -0.143. The average molecular weight is 425 g/mol. The van der Waals surface area contributed by atoms with Crippen LogP contribution in [0, 0.1) is 5.82 Å². The second-order valence-electron chi connectivity index (χ2n) is 6.61. The van der Waals surface area contributed by atoms with Crippen LogP contribution in [-0.4, -0.2) is 18.3 Å². The Bertz CT molecular complexity index is 802. The molecule has 0 saturated heterocycles. The number of alkyl halides is 6. The Morgan fingerprint density at radius 1 is 0.897 bits per heavy atom. The van der Waals surface area contributed by atoms with E-state index in [1.165, 1.54) is 19.1 Å². The first-order valence-electron chi connectivity index (χ1n) is 8.33. The summed E-state index contributed by atoms with van der Waals surface area (Å²) in [6.07, 6.45) is -11.2. The lowest BCUT2D eigenvalue weighted by Gasteiger charge is -2.29. The van der Waals surface area contributed by atoms with Crippen molar-refractivity contribution in [3.8, 4) is 0 Å². The average Bonchev–Trinajstić information content (AvgIpc) is 2.64. The minimum absolute atomic E-state index is 0.0235. The Kier molecular flexibility index (Phi) is 6.61. The molecule has 0 aliphatic carbocycles. The molecule has 10 heteroatoms. The monoisotopic (exact) mass is 425 g/mol. The molecule has 2 aromatic rings. The molecule has 3 N–H and O–H groups in total. The summed E-state index contributed by atoms with van der Waals surface area (Å²) >= 11 is 0. The predicted molar refractivity (Wildman–Crippen MR) is 90.2 cm³/mol. The Labute approximate surface area is 161 Å². The standard InChI is InChI=1S/C19H18F7NO2/c1-11(29-10-17(27,9-28)13-2-4-16(20)5-3-13)12-6-14(18(21,22)23)8-15(7-12)19(24,25)26/h2-8,11,28H,9-10,27H2,1H3/t11-,17-/m1/s1. The summed E-state index contributed by atoms with van der Waals surface area (Å²) in [4.78, 5) is 0. The highest BCUT2D eigenvalue weighted by Gasteiger charge is 2.37. The number of aliphatic hydroxyl groups is 1. The first-order valence-corrected chi connectivity index (χ1v) is 8.33. The Balaban J connectivity index is 2.29. The molecular formula is C19H18F7NO2. The van der Waals surface area contributed by atoms with Crippen molar-refractivity contribution in [3.05, 3.63) is 70.5 Å². The van der Waals surface area contributed by atoms with Crippen molar-refractivity contribution in [1.29, 1.82) is 0 Å². The van der Waals surface area contributed by atoms with Crippen LogP contribution in [0.3, 0.4) is 0 Å². The van der Waals surface area contributed by atoms with Crippen LogP contribution in [0.25, 0.3) is 0 Å². The highest BCUT2D eigenvalue weighted by Crippen LogP contribution is 2.38. The van der Waals surface area contributed by atoms with Crippen LogP contribution >= 0.6 is 0 Å². The van der Waals surface area contributed by atoms with Crippen molar-refractivity contribution in [2.75, 3.05) is 13.2 Å². The quantitative estimate of drug-likeness (QED) is 0.655. The number of benzene rings is 2. The number of halogens is 7. The van der Waals surface area contributed by atoms with E-state index in [1.54, 1.807) is 0 Å². The summed E-state index contributed by atoms with van der Waals surface area (Å²) in [6, 6.07) is 5.94. The molecule has 2 rings (SSSR count). The third kappa shape index (κ3) is 5.68. The SMILES string of the molecule is C[C@@H](OC[C@](N)(CO)c1ccc(F)cc1)c1cc(C(F)(F)F)cc(C(F)(F)F)c1. The molecule has 160 valence electrons. The molecule has 2 atom stereocenters. The van der Waals surface area contributed by atoms with Gasteiger partial charge in [-0.15, -0.1) is 0 Å². The van der Waals surface area contributed by atoms with Gasteiger partial charge in [-0.3, -0.25) is 0 Å². The van der Waals surface area contributed by atoms with Crippen molar-refractivity contribution >= 4 is 0 Å². The molecule has 29 heavy (non-hydrogen) atoms. The van der Waals surface area contributed by atoms with Crippen LogP contribution < -0.4 is 5.73 Å². The van der Waals surface area contributed by atoms with Crippen molar-refractivity contribution in [2.45, 2.75) is 30.9 Å². The number of ether oxygens (including phenoxy) is 1. The van der Waals surface area contributed by atoms with Crippen molar-refractivity contribution in [3.63, 3.8) is 0 Å². The molecule has 0 aliphatic heterocycles. The zero-order chi connectivity index (χ0) is 22.0. The molecule has 0 fully saturated rings. The van der Waals surface area contributed by atoms with Gasteiger partial charge in [0.2, 0.25) is 0 Å². The number of hydrogen-bond acceptors (Lipinski definition) is 3. The molecule has 0 spiro atoms. The maximum Gasteiger partial charge on any atom is 0.416 e. The molecule has 2 aromatic carbocycles. The van der Waals surface area contributed by atoms with Gasteiger partial charge < -0.3 is 15.6 Å². The van der Waals surface area contributed by atoms with Gasteiger partial charge in [0.25, 0.3) is 0 Å². The van der Waals surface area contributed by atoms with Crippen LogP contribution in [0.2, 0.25) is 0 Å². The topological polar surface area (TPSA) is 55.5 Å². The minimum Gasteiger partial charge on any atom is -0.394 e. The summed E-state index contributed by atoms with van der Waals surface area (Å²) in [5.41, 5.74) is 1.51. The number of nitrogens with two attached hydrogens (primary N) is 1. The van der Waals surface area contributed by atoms with E-state index in [2.05, 4.69) is 0 Å². The van der Waals surface area contributed by atoms with E-state index in [9.17, 15) is 35.8 Å². The van der Waals surface area contributed by atoms with E-state index in [0.717, 1.165) is 12.1 Å². The second kappa shape index (κ2) is 8.29. The zero-order valence-corrected chi connectivity index (χ0v) is 15.1.